The molecule has 0 radical (unpaired) electrons. The SMILES string of the molecule is N=C(N)c1ccccc1COCC1CCCCC1. The zero-order valence-corrected chi connectivity index (χ0v) is 10.8. The minimum Gasteiger partial charge on any atom is -0.384 e. The minimum atomic E-state index is 0.117. The molecule has 1 aliphatic carbocycles. The highest BCUT2D eigenvalue weighted by Crippen LogP contribution is 2.24. The van der Waals surface area contributed by atoms with Crippen molar-refractivity contribution in [1.29, 1.82) is 5.41 Å². The summed E-state index contributed by atoms with van der Waals surface area (Å²) in [4.78, 5) is 0. The molecule has 3 heteroatoms. The predicted molar refractivity (Wildman–Crippen MR) is 73.7 cm³/mol. The van der Waals surface area contributed by atoms with Gasteiger partial charge in [0, 0.05) is 12.2 Å². The average Bonchev–Trinajstić information content (AvgIpc) is 2.40. The van der Waals surface area contributed by atoms with Gasteiger partial charge in [0.15, 0.2) is 0 Å². The molecule has 2 rings (SSSR count). The maximum atomic E-state index is 7.53. The minimum absolute atomic E-state index is 0.117. The molecule has 0 bridgehead atoms. The molecule has 3 N–H and O–H groups in total. The Balaban J connectivity index is 1.84. The van der Waals surface area contributed by atoms with Crippen LogP contribution in [0.15, 0.2) is 24.3 Å². The Morgan fingerprint density at radius 2 is 1.94 bits per heavy atom. The van der Waals surface area contributed by atoms with Gasteiger partial charge in [-0.3, -0.25) is 5.41 Å². The second kappa shape index (κ2) is 6.55. The van der Waals surface area contributed by atoms with Gasteiger partial charge in [0.2, 0.25) is 0 Å². The quantitative estimate of drug-likeness (QED) is 0.619. The fourth-order valence-electron chi connectivity index (χ4n) is 2.60. The normalized spacial score (nSPS) is 16.7. The molecule has 1 aromatic rings. The summed E-state index contributed by atoms with van der Waals surface area (Å²) < 4.78 is 5.80. The molecule has 1 fully saturated rings. The lowest BCUT2D eigenvalue weighted by molar-refractivity contribution is 0.0738. The van der Waals surface area contributed by atoms with Crippen LogP contribution in [0.2, 0.25) is 0 Å². The maximum Gasteiger partial charge on any atom is 0.123 e. The molecule has 18 heavy (non-hydrogen) atoms. The third kappa shape index (κ3) is 3.57. The lowest BCUT2D eigenvalue weighted by Crippen LogP contribution is -2.16. The molecule has 3 nitrogen and oxygen atoms in total. The van der Waals surface area contributed by atoms with Crippen molar-refractivity contribution in [2.45, 2.75) is 38.7 Å². The van der Waals surface area contributed by atoms with E-state index in [4.69, 9.17) is 15.9 Å². The lowest BCUT2D eigenvalue weighted by Gasteiger charge is -2.21. The summed E-state index contributed by atoms with van der Waals surface area (Å²) in [7, 11) is 0. The van der Waals surface area contributed by atoms with Crippen LogP contribution in [0.1, 0.15) is 43.2 Å². The first kappa shape index (κ1) is 13.1. The van der Waals surface area contributed by atoms with Crippen LogP contribution in [0.3, 0.4) is 0 Å². The molecule has 0 saturated heterocycles. The second-order valence-electron chi connectivity index (χ2n) is 5.09. The van der Waals surface area contributed by atoms with Crippen molar-refractivity contribution in [3.05, 3.63) is 35.4 Å². The van der Waals surface area contributed by atoms with E-state index >= 15 is 0 Å². The van der Waals surface area contributed by atoms with Gasteiger partial charge < -0.3 is 10.5 Å². The lowest BCUT2D eigenvalue weighted by atomic mass is 9.90. The van der Waals surface area contributed by atoms with Crippen molar-refractivity contribution >= 4 is 5.84 Å². The van der Waals surface area contributed by atoms with Crippen LogP contribution in [-0.2, 0) is 11.3 Å². The number of hydrogen-bond acceptors (Lipinski definition) is 2. The van der Waals surface area contributed by atoms with Gasteiger partial charge in [-0.05, 0) is 24.3 Å². The van der Waals surface area contributed by atoms with E-state index in [2.05, 4.69) is 0 Å². The summed E-state index contributed by atoms with van der Waals surface area (Å²) in [5, 5.41) is 7.53. The van der Waals surface area contributed by atoms with Gasteiger partial charge in [-0.2, -0.15) is 0 Å². The first-order valence-corrected chi connectivity index (χ1v) is 6.77. The molecule has 0 atom stereocenters. The molecule has 0 amide bonds. The molecule has 1 aliphatic rings. The van der Waals surface area contributed by atoms with Crippen LogP contribution in [0.25, 0.3) is 0 Å². The average molecular weight is 246 g/mol. The maximum absolute atomic E-state index is 7.53. The number of nitrogens with one attached hydrogen (secondary N) is 1. The first-order chi connectivity index (χ1) is 8.77. The van der Waals surface area contributed by atoms with Crippen molar-refractivity contribution in [2.75, 3.05) is 6.61 Å². The Hall–Kier alpha value is -1.35. The third-order valence-electron chi connectivity index (χ3n) is 3.64. The fraction of sp³-hybridized carbons (Fsp3) is 0.533. The van der Waals surface area contributed by atoms with E-state index in [9.17, 15) is 0 Å². The van der Waals surface area contributed by atoms with Crippen molar-refractivity contribution in [3.8, 4) is 0 Å². The van der Waals surface area contributed by atoms with E-state index in [-0.39, 0.29) is 5.84 Å². The highest BCUT2D eigenvalue weighted by Gasteiger charge is 2.13. The summed E-state index contributed by atoms with van der Waals surface area (Å²) in [6.45, 7) is 1.40. The molecule has 1 aromatic carbocycles. The number of rotatable bonds is 5. The smallest absolute Gasteiger partial charge is 0.123 e. The summed E-state index contributed by atoms with van der Waals surface area (Å²) in [6, 6.07) is 7.73. The monoisotopic (exact) mass is 246 g/mol. The molecule has 0 unspecified atom stereocenters. The van der Waals surface area contributed by atoms with Gasteiger partial charge in [0.05, 0.1) is 6.61 Å². The zero-order valence-electron chi connectivity index (χ0n) is 10.8. The largest absolute Gasteiger partial charge is 0.384 e. The van der Waals surface area contributed by atoms with Crippen LogP contribution in [0.5, 0.6) is 0 Å². The standard InChI is InChI=1S/C15H22N2O/c16-15(17)14-9-5-4-8-13(14)11-18-10-12-6-2-1-3-7-12/h4-5,8-9,12H,1-3,6-7,10-11H2,(H3,16,17). The van der Waals surface area contributed by atoms with Crippen LogP contribution >= 0.6 is 0 Å². The van der Waals surface area contributed by atoms with Gasteiger partial charge in [-0.25, -0.2) is 0 Å². The van der Waals surface area contributed by atoms with Gasteiger partial charge in [0.25, 0.3) is 0 Å². The summed E-state index contributed by atoms with van der Waals surface area (Å²) >= 11 is 0. The third-order valence-corrected chi connectivity index (χ3v) is 3.64. The van der Waals surface area contributed by atoms with Gasteiger partial charge in [-0.1, -0.05) is 43.5 Å². The molecule has 0 spiro atoms. The van der Waals surface area contributed by atoms with Crippen molar-refractivity contribution in [3.63, 3.8) is 0 Å². The van der Waals surface area contributed by atoms with Gasteiger partial charge in [-0.15, -0.1) is 0 Å². The van der Waals surface area contributed by atoms with Crippen LogP contribution in [0.4, 0.5) is 0 Å². The number of hydrogen-bond donors (Lipinski definition) is 2. The topological polar surface area (TPSA) is 59.1 Å². The summed E-state index contributed by atoms with van der Waals surface area (Å²) in [6.07, 6.45) is 6.67. The van der Waals surface area contributed by atoms with E-state index in [1.807, 2.05) is 24.3 Å². The van der Waals surface area contributed by atoms with Crippen LogP contribution < -0.4 is 5.73 Å². The predicted octanol–water partition coefficient (Wildman–Crippen LogP) is 3.07. The Morgan fingerprint density at radius 1 is 1.22 bits per heavy atom. The van der Waals surface area contributed by atoms with Crippen LogP contribution in [0, 0.1) is 11.3 Å². The summed E-state index contributed by atoms with van der Waals surface area (Å²) in [5.41, 5.74) is 7.36. The van der Waals surface area contributed by atoms with Crippen LogP contribution in [-0.4, -0.2) is 12.4 Å². The highest BCUT2D eigenvalue weighted by molar-refractivity contribution is 5.96. The van der Waals surface area contributed by atoms with E-state index in [1.54, 1.807) is 0 Å². The number of nitrogen functional groups attached to an aromatic ring is 1. The number of nitrogens with two attached hydrogens (primary N) is 1. The Kier molecular flexibility index (Phi) is 4.76. The summed E-state index contributed by atoms with van der Waals surface area (Å²) in [5.74, 6) is 0.843. The van der Waals surface area contributed by atoms with E-state index < -0.39 is 0 Å². The van der Waals surface area contributed by atoms with E-state index in [0.717, 1.165) is 23.7 Å². The highest BCUT2D eigenvalue weighted by atomic mass is 16.5. The molecular weight excluding hydrogens is 224 g/mol. The number of amidine groups is 1. The Labute approximate surface area is 109 Å². The van der Waals surface area contributed by atoms with E-state index in [0.29, 0.717) is 6.61 Å². The van der Waals surface area contributed by atoms with Crippen molar-refractivity contribution in [1.82, 2.24) is 0 Å². The Bertz CT molecular complexity index is 397. The number of benzene rings is 1. The first-order valence-electron chi connectivity index (χ1n) is 6.77. The van der Waals surface area contributed by atoms with Gasteiger partial charge in [0.1, 0.15) is 5.84 Å². The molecule has 0 aliphatic heterocycles. The number of ether oxygens (including phenoxy) is 1. The Morgan fingerprint density at radius 3 is 2.67 bits per heavy atom. The van der Waals surface area contributed by atoms with Gasteiger partial charge >= 0.3 is 0 Å². The van der Waals surface area contributed by atoms with Crippen molar-refractivity contribution < 1.29 is 4.74 Å². The molecular formula is C15H22N2O. The van der Waals surface area contributed by atoms with E-state index in [1.165, 1.54) is 32.1 Å². The molecule has 98 valence electrons. The van der Waals surface area contributed by atoms with Crippen molar-refractivity contribution in [2.24, 2.45) is 11.7 Å². The molecule has 0 aromatic heterocycles. The molecule has 0 heterocycles. The second-order valence-corrected chi connectivity index (χ2v) is 5.09. The fourth-order valence-corrected chi connectivity index (χ4v) is 2.60. The molecule has 1 saturated carbocycles. The zero-order chi connectivity index (χ0) is 12.8.